The largest absolute Gasteiger partial charge is 0.481 e. The molecule has 1 amide bonds. The summed E-state index contributed by atoms with van der Waals surface area (Å²) in [4.78, 5) is 12.3. The lowest BCUT2D eigenvalue weighted by Gasteiger charge is -2.17. The number of anilines is 1. The molecule has 2 aromatic rings. The monoisotopic (exact) mass is 283 g/mol. The minimum absolute atomic E-state index is 0.146. The van der Waals surface area contributed by atoms with Gasteiger partial charge in [0.25, 0.3) is 5.91 Å². The molecule has 0 saturated carbocycles. The lowest BCUT2D eigenvalue weighted by atomic mass is 10.1. The molecule has 0 heterocycles. The Morgan fingerprint density at radius 3 is 2.48 bits per heavy atom. The van der Waals surface area contributed by atoms with Crippen LogP contribution < -0.4 is 10.1 Å². The number of carbonyl (C=O) groups is 1. The maximum Gasteiger partial charge on any atom is 0.265 e. The Bertz CT molecular complexity index is 649. The van der Waals surface area contributed by atoms with Crippen molar-refractivity contribution in [3.8, 4) is 5.75 Å². The molecule has 3 heteroatoms. The number of para-hydroxylation sites is 1. The number of rotatable bonds is 4. The highest BCUT2D eigenvalue weighted by atomic mass is 16.5. The lowest BCUT2D eigenvalue weighted by molar-refractivity contribution is -0.122. The van der Waals surface area contributed by atoms with E-state index < -0.39 is 6.10 Å². The van der Waals surface area contributed by atoms with Gasteiger partial charge in [-0.05, 0) is 56.5 Å². The van der Waals surface area contributed by atoms with E-state index in [1.165, 1.54) is 0 Å². The van der Waals surface area contributed by atoms with Crippen molar-refractivity contribution in [2.24, 2.45) is 0 Å². The Hall–Kier alpha value is -2.29. The predicted molar refractivity (Wildman–Crippen MR) is 85.8 cm³/mol. The molecule has 0 aliphatic carbocycles. The van der Waals surface area contributed by atoms with Gasteiger partial charge in [-0.15, -0.1) is 0 Å². The van der Waals surface area contributed by atoms with Crippen LogP contribution in [0.4, 0.5) is 5.69 Å². The third kappa shape index (κ3) is 3.85. The van der Waals surface area contributed by atoms with Gasteiger partial charge in [-0.2, -0.15) is 0 Å². The Labute approximate surface area is 126 Å². The number of benzene rings is 2. The van der Waals surface area contributed by atoms with Crippen molar-refractivity contribution in [2.75, 3.05) is 5.32 Å². The first kappa shape index (κ1) is 15.1. The molecule has 0 aromatic heterocycles. The third-order valence-electron chi connectivity index (χ3n) is 3.42. The third-order valence-corrected chi connectivity index (χ3v) is 3.42. The smallest absolute Gasteiger partial charge is 0.265 e. The molecule has 0 fully saturated rings. The molecule has 0 spiro atoms. The van der Waals surface area contributed by atoms with Crippen LogP contribution >= 0.6 is 0 Å². The van der Waals surface area contributed by atoms with E-state index in [0.717, 1.165) is 28.1 Å². The molecule has 1 N–H and O–H groups in total. The fourth-order valence-electron chi connectivity index (χ4n) is 2.04. The van der Waals surface area contributed by atoms with Crippen LogP contribution in [-0.2, 0) is 4.79 Å². The van der Waals surface area contributed by atoms with Gasteiger partial charge in [0, 0.05) is 5.69 Å². The van der Waals surface area contributed by atoms with Crippen LogP contribution in [0.1, 0.15) is 23.6 Å². The van der Waals surface area contributed by atoms with Gasteiger partial charge in [0.1, 0.15) is 5.75 Å². The van der Waals surface area contributed by atoms with Crippen LogP contribution in [0, 0.1) is 20.8 Å². The van der Waals surface area contributed by atoms with E-state index in [2.05, 4.69) is 5.32 Å². The second-order valence-corrected chi connectivity index (χ2v) is 5.33. The lowest BCUT2D eigenvalue weighted by Crippen LogP contribution is -2.30. The molecule has 0 saturated heterocycles. The average Bonchev–Trinajstić information content (AvgIpc) is 2.45. The summed E-state index contributed by atoms with van der Waals surface area (Å²) < 4.78 is 5.74. The first-order chi connectivity index (χ1) is 9.97. The number of hydrogen-bond acceptors (Lipinski definition) is 2. The SMILES string of the molecule is Cc1ccc(C)c(NC(=O)[C@@H](C)Oc2ccccc2C)c1. The van der Waals surface area contributed by atoms with Gasteiger partial charge in [-0.3, -0.25) is 4.79 Å². The van der Waals surface area contributed by atoms with E-state index >= 15 is 0 Å². The van der Waals surface area contributed by atoms with Crippen LogP contribution in [0.3, 0.4) is 0 Å². The molecule has 1 atom stereocenters. The van der Waals surface area contributed by atoms with Gasteiger partial charge >= 0.3 is 0 Å². The first-order valence-corrected chi connectivity index (χ1v) is 7.08. The van der Waals surface area contributed by atoms with E-state index in [1.54, 1.807) is 6.92 Å². The Balaban J connectivity index is 2.06. The molecule has 0 unspecified atom stereocenters. The summed E-state index contributed by atoms with van der Waals surface area (Å²) in [6.45, 7) is 7.70. The van der Waals surface area contributed by atoms with Crippen LogP contribution in [0.5, 0.6) is 5.75 Å². The van der Waals surface area contributed by atoms with Crippen molar-refractivity contribution in [2.45, 2.75) is 33.8 Å². The van der Waals surface area contributed by atoms with E-state index in [4.69, 9.17) is 4.74 Å². The van der Waals surface area contributed by atoms with E-state index in [-0.39, 0.29) is 5.91 Å². The Morgan fingerprint density at radius 2 is 1.76 bits per heavy atom. The highest BCUT2D eigenvalue weighted by molar-refractivity contribution is 5.94. The van der Waals surface area contributed by atoms with Crippen molar-refractivity contribution in [1.29, 1.82) is 0 Å². The molecule has 0 bridgehead atoms. The molecule has 21 heavy (non-hydrogen) atoms. The highest BCUT2D eigenvalue weighted by Crippen LogP contribution is 2.20. The first-order valence-electron chi connectivity index (χ1n) is 7.08. The quantitative estimate of drug-likeness (QED) is 0.920. The molecule has 0 aliphatic rings. The number of aryl methyl sites for hydroxylation is 3. The fraction of sp³-hybridized carbons (Fsp3) is 0.278. The minimum Gasteiger partial charge on any atom is -0.481 e. The summed E-state index contributed by atoms with van der Waals surface area (Å²) in [6, 6.07) is 13.7. The van der Waals surface area contributed by atoms with Gasteiger partial charge in [0.05, 0.1) is 0 Å². The van der Waals surface area contributed by atoms with E-state index in [0.29, 0.717) is 0 Å². The van der Waals surface area contributed by atoms with Gasteiger partial charge in [-0.1, -0.05) is 30.3 Å². The fourth-order valence-corrected chi connectivity index (χ4v) is 2.04. The van der Waals surface area contributed by atoms with E-state index in [1.807, 2.05) is 63.2 Å². The molecular formula is C18H21NO2. The van der Waals surface area contributed by atoms with Crippen LogP contribution in [0.25, 0.3) is 0 Å². The molecule has 2 aromatic carbocycles. The van der Waals surface area contributed by atoms with Crippen LogP contribution in [0.2, 0.25) is 0 Å². The summed E-state index contributed by atoms with van der Waals surface area (Å²) in [6.07, 6.45) is -0.550. The Kier molecular flexibility index (Phi) is 4.63. The molecule has 2 rings (SSSR count). The molecule has 0 aliphatic heterocycles. The minimum atomic E-state index is -0.550. The van der Waals surface area contributed by atoms with Crippen molar-refractivity contribution in [1.82, 2.24) is 0 Å². The molecule has 3 nitrogen and oxygen atoms in total. The van der Waals surface area contributed by atoms with Crippen LogP contribution in [0.15, 0.2) is 42.5 Å². The summed E-state index contributed by atoms with van der Waals surface area (Å²) in [7, 11) is 0. The van der Waals surface area contributed by atoms with Gasteiger partial charge < -0.3 is 10.1 Å². The van der Waals surface area contributed by atoms with E-state index in [9.17, 15) is 4.79 Å². The standard InChI is InChI=1S/C18H21NO2/c1-12-9-10-13(2)16(11-12)19-18(20)15(4)21-17-8-6-5-7-14(17)3/h5-11,15H,1-4H3,(H,19,20)/t15-/m1/s1. The summed E-state index contributed by atoms with van der Waals surface area (Å²) >= 11 is 0. The number of hydrogen-bond donors (Lipinski definition) is 1. The van der Waals surface area contributed by atoms with Gasteiger partial charge in [0.2, 0.25) is 0 Å². The second kappa shape index (κ2) is 6.44. The molecule has 110 valence electrons. The molecule has 0 radical (unpaired) electrons. The van der Waals surface area contributed by atoms with Crippen molar-refractivity contribution in [3.05, 3.63) is 59.2 Å². The average molecular weight is 283 g/mol. The zero-order valence-corrected chi connectivity index (χ0v) is 12.9. The predicted octanol–water partition coefficient (Wildman–Crippen LogP) is 4.02. The number of amides is 1. The maximum atomic E-state index is 12.3. The molecular weight excluding hydrogens is 262 g/mol. The Morgan fingerprint density at radius 1 is 1.05 bits per heavy atom. The second-order valence-electron chi connectivity index (χ2n) is 5.33. The number of ether oxygens (including phenoxy) is 1. The highest BCUT2D eigenvalue weighted by Gasteiger charge is 2.16. The summed E-state index contributed by atoms with van der Waals surface area (Å²) in [5.74, 6) is 0.591. The van der Waals surface area contributed by atoms with Crippen LogP contribution in [-0.4, -0.2) is 12.0 Å². The zero-order valence-electron chi connectivity index (χ0n) is 12.9. The zero-order chi connectivity index (χ0) is 15.4. The summed E-state index contributed by atoms with van der Waals surface area (Å²) in [5, 5.41) is 2.93. The topological polar surface area (TPSA) is 38.3 Å². The van der Waals surface area contributed by atoms with Crippen molar-refractivity contribution < 1.29 is 9.53 Å². The number of carbonyl (C=O) groups excluding carboxylic acids is 1. The van der Waals surface area contributed by atoms with Crippen molar-refractivity contribution in [3.63, 3.8) is 0 Å². The normalized spacial score (nSPS) is 11.8. The summed E-state index contributed by atoms with van der Waals surface area (Å²) in [5.41, 5.74) is 4.00. The van der Waals surface area contributed by atoms with Gasteiger partial charge in [0.15, 0.2) is 6.10 Å². The number of nitrogens with one attached hydrogen (secondary N) is 1. The van der Waals surface area contributed by atoms with Gasteiger partial charge in [-0.25, -0.2) is 0 Å². The van der Waals surface area contributed by atoms with Crippen molar-refractivity contribution >= 4 is 11.6 Å². The maximum absolute atomic E-state index is 12.3.